The number of nitrogens with one attached hydrogen (secondary N) is 1. The molecule has 3 rings (SSSR count). The Bertz CT molecular complexity index is 710. The van der Waals surface area contributed by atoms with Crippen molar-refractivity contribution in [2.24, 2.45) is 0 Å². The Morgan fingerprint density at radius 1 is 1.08 bits per heavy atom. The zero-order valence-electron chi connectivity index (χ0n) is 14.1. The first-order valence-electron chi connectivity index (χ1n) is 8.53. The summed E-state index contributed by atoms with van der Waals surface area (Å²) in [6.45, 7) is 2.77. The first kappa shape index (κ1) is 17.4. The number of rotatable bonds is 4. The van der Waals surface area contributed by atoms with Gasteiger partial charge < -0.3 is 9.80 Å². The summed E-state index contributed by atoms with van der Waals surface area (Å²) in [6.07, 6.45) is 4.21. The molecule has 0 radical (unpaired) electrons. The monoisotopic (exact) mass is 351 g/mol. The lowest BCUT2D eigenvalue weighted by Gasteiger charge is -2.32. The lowest BCUT2D eigenvalue weighted by molar-refractivity contribution is -0.131. The molecule has 7 heteroatoms. The molecule has 1 heterocycles. The molecular formula is C17H25N3O3S. The van der Waals surface area contributed by atoms with E-state index >= 15 is 0 Å². The second kappa shape index (κ2) is 7.21. The molecule has 0 atom stereocenters. The van der Waals surface area contributed by atoms with Gasteiger partial charge >= 0.3 is 0 Å². The molecule has 132 valence electrons. The molecule has 1 saturated heterocycles. The maximum absolute atomic E-state index is 12.5. The van der Waals surface area contributed by atoms with Crippen molar-refractivity contribution in [3.8, 4) is 0 Å². The molecule has 0 spiro atoms. The van der Waals surface area contributed by atoms with Crippen molar-refractivity contribution < 1.29 is 13.2 Å². The number of amides is 1. The standard InChI is InChI=1S/C17H25N3O3S/c1-19-8-10-20(11-9-19)17(21)13-18-24(22,23)16-7-6-14-4-2-3-5-15(14)12-16/h6-7,12,18H,2-5,8-11,13H2,1H3. The van der Waals surface area contributed by atoms with Crippen LogP contribution in [-0.2, 0) is 27.7 Å². The molecule has 0 aromatic heterocycles. The van der Waals surface area contributed by atoms with E-state index in [0.717, 1.165) is 44.3 Å². The van der Waals surface area contributed by atoms with E-state index < -0.39 is 10.0 Å². The zero-order valence-corrected chi connectivity index (χ0v) is 14.9. The van der Waals surface area contributed by atoms with Gasteiger partial charge in [-0.2, -0.15) is 0 Å². The van der Waals surface area contributed by atoms with Crippen LogP contribution in [0, 0.1) is 0 Å². The third-order valence-corrected chi connectivity index (χ3v) is 6.30. The predicted molar refractivity (Wildman–Crippen MR) is 92.3 cm³/mol. The Labute approximate surface area is 143 Å². The molecule has 0 unspecified atom stereocenters. The maximum atomic E-state index is 12.5. The maximum Gasteiger partial charge on any atom is 0.241 e. The fourth-order valence-electron chi connectivity index (χ4n) is 3.28. The van der Waals surface area contributed by atoms with Gasteiger partial charge in [-0.15, -0.1) is 0 Å². The third-order valence-electron chi connectivity index (χ3n) is 4.90. The van der Waals surface area contributed by atoms with Crippen LogP contribution in [0.15, 0.2) is 23.1 Å². The van der Waals surface area contributed by atoms with Crippen LogP contribution in [0.25, 0.3) is 0 Å². The number of carbonyl (C=O) groups is 1. The summed E-state index contributed by atoms with van der Waals surface area (Å²) in [7, 11) is -1.63. The minimum atomic E-state index is -3.65. The quantitative estimate of drug-likeness (QED) is 0.863. The van der Waals surface area contributed by atoms with Crippen molar-refractivity contribution in [2.45, 2.75) is 30.6 Å². The number of benzene rings is 1. The lowest BCUT2D eigenvalue weighted by Crippen LogP contribution is -2.50. The Balaban J connectivity index is 1.62. The fourth-order valence-corrected chi connectivity index (χ4v) is 4.31. The molecule has 1 fully saturated rings. The first-order chi connectivity index (χ1) is 11.5. The smallest absolute Gasteiger partial charge is 0.241 e. The van der Waals surface area contributed by atoms with E-state index in [4.69, 9.17) is 0 Å². The van der Waals surface area contributed by atoms with E-state index in [1.54, 1.807) is 17.0 Å². The summed E-state index contributed by atoms with van der Waals surface area (Å²) in [5, 5.41) is 0. The Morgan fingerprint density at radius 3 is 2.46 bits per heavy atom. The minimum Gasteiger partial charge on any atom is -0.339 e. The molecule has 24 heavy (non-hydrogen) atoms. The summed E-state index contributed by atoms with van der Waals surface area (Å²) < 4.78 is 27.4. The second-order valence-electron chi connectivity index (χ2n) is 6.65. The number of sulfonamides is 1. The Hall–Kier alpha value is -1.44. The van der Waals surface area contributed by atoms with E-state index in [0.29, 0.717) is 13.1 Å². The highest BCUT2D eigenvalue weighted by Gasteiger charge is 2.22. The van der Waals surface area contributed by atoms with Gasteiger partial charge in [0.25, 0.3) is 0 Å². The molecule has 1 N–H and O–H groups in total. The molecule has 1 aliphatic carbocycles. The van der Waals surface area contributed by atoms with Gasteiger partial charge in [0.05, 0.1) is 11.4 Å². The van der Waals surface area contributed by atoms with Gasteiger partial charge in [0, 0.05) is 26.2 Å². The van der Waals surface area contributed by atoms with Crippen LogP contribution in [0.4, 0.5) is 0 Å². The summed E-state index contributed by atoms with van der Waals surface area (Å²) in [5.41, 5.74) is 2.36. The Kier molecular flexibility index (Phi) is 5.22. The van der Waals surface area contributed by atoms with Gasteiger partial charge in [0.2, 0.25) is 15.9 Å². The molecule has 1 aromatic rings. The molecule has 2 aliphatic rings. The average molecular weight is 351 g/mol. The van der Waals surface area contributed by atoms with Gasteiger partial charge in [-0.05, 0) is 56.0 Å². The van der Waals surface area contributed by atoms with Gasteiger partial charge in [0.1, 0.15) is 0 Å². The van der Waals surface area contributed by atoms with Crippen molar-refractivity contribution in [3.63, 3.8) is 0 Å². The SMILES string of the molecule is CN1CCN(C(=O)CNS(=O)(=O)c2ccc3c(c2)CCCC3)CC1. The van der Waals surface area contributed by atoms with Crippen LogP contribution in [-0.4, -0.2) is 63.9 Å². The zero-order chi connectivity index (χ0) is 17.2. The summed E-state index contributed by atoms with van der Waals surface area (Å²) in [5.74, 6) is -0.162. The summed E-state index contributed by atoms with van der Waals surface area (Å²) in [6, 6.07) is 5.31. The van der Waals surface area contributed by atoms with E-state index in [1.807, 2.05) is 13.1 Å². The molecule has 0 saturated carbocycles. The van der Waals surface area contributed by atoms with Gasteiger partial charge in [0.15, 0.2) is 0 Å². The lowest BCUT2D eigenvalue weighted by atomic mass is 9.92. The molecule has 1 amide bonds. The number of carbonyl (C=O) groups excluding carboxylic acids is 1. The van der Waals surface area contributed by atoms with Gasteiger partial charge in [-0.25, -0.2) is 13.1 Å². The van der Waals surface area contributed by atoms with Crippen molar-refractivity contribution >= 4 is 15.9 Å². The number of nitrogens with zero attached hydrogens (tertiary/aromatic N) is 2. The van der Waals surface area contributed by atoms with Crippen LogP contribution < -0.4 is 4.72 Å². The summed E-state index contributed by atoms with van der Waals surface area (Å²) >= 11 is 0. The molecule has 6 nitrogen and oxygen atoms in total. The molecule has 1 aliphatic heterocycles. The predicted octanol–water partition coefficient (Wildman–Crippen LogP) is 0.618. The number of hydrogen-bond donors (Lipinski definition) is 1. The van der Waals surface area contributed by atoms with Crippen molar-refractivity contribution in [2.75, 3.05) is 39.8 Å². The van der Waals surface area contributed by atoms with E-state index in [1.165, 1.54) is 5.56 Å². The second-order valence-corrected chi connectivity index (χ2v) is 8.41. The highest BCUT2D eigenvalue weighted by Crippen LogP contribution is 2.24. The van der Waals surface area contributed by atoms with Crippen LogP contribution in [0.5, 0.6) is 0 Å². The highest BCUT2D eigenvalue weighted by molar-refractivity contribution is 7.89. The minimum absolute atomic E-state index is 0.162. The third kappa shape index (κ3) is 3.96. The molecular weight excluding hydrogens is 326 g/mol. The largest absolute Gasteiger partial charge is 0.339 e. The van der Waals surface area contributed by atoms with E-state index in [-0.39, 0.29) is 17.3 Å². The average Bonchev–Trinajstić information content (AvgIpc) is 2.60. The van der Waals surface area contributed by atoms with Crippen molar-refractivity contribution in [3.05, 3.63) is 29.3 Å². The normalized spacial score (nSPS) is 19.1. The number of aryl methyl sites for hydroxylation is 2. The summed E-state index contributed by atoms with van der Waals surface area (Å²) in [4.78, 5) is 16.3. The van der Waals surface area contributed by atoms with Crippen LogP contribution in [0.1, 0.15) is 24.0 Å². The Morgan fingerprint density at radius 2 is 1.75 bits per heavy atom. The highest BCUT2D eigenvalue weighted by atomic mass is 32.2. The molecule has 0 bridgehead atoms. The number of piperazine rings is 1. The van der Waals surface area contributed by atoms with Crippen LogP contribution in [0.3, 0.4) is 0 Å². The van der Waals surface area contributed by atoms with E-state index in [9.17, 15) is 13.2 Å². The van der Waals surface area contributed by atoms with Crippen molar-refractivity contribution in [1.82, 2.24) is 14.5 Å². The van der Waals surface area contributed by atoms with Crippen molar-refractivity contribution in [1.29, 1.82) is 0 Å². The fraction of sp³-hybridized carbons (Fsp3) is 0.588. The number of likely N-dealkylation sites (N-methyl/N-ethyl adjacent to an activating group) is 1. The number of hydrogen-bond acceptors (Lipinski definition) is 4. The van der Waals surface area contributed by atoms with Gasteiger partial charge in [-0.3, -0.25) is 4.79 Å². The topological polar surface area (TPSA) is 69.7 Å². The molecule has 1 aromatic carbocycles. The van der Waals surface area contributed by atoms with Crippen LogP contribution >= 0.6 is 0 Å². The van der Waals surface area contributed by atoms with E-state index in [2.05, 4.69) is 9.62 Å². The van der Waals surface area contributed by atoms with Gasteiger partial charge in [-0.1, -0.05) is 6.07 Å². The van der Waals surface area contributed by atoms with Crippen LogP contribution in [0.2, 0.25) is 0 Å². The first-order valence-corrected chi connectivity index (χ1v) is 10.0. The number of fused-ring (bicyclic) bond motifs is 1.